The van der Waals surface area contributed by atoms with Gasteiger partial charge in [0.2, 0.25) is 11.9 Å². The van der Waals surface area contributed by atoms with Gasteiger partial charge in [0.25, 0.3) is 0 Å². The van der Waals surface area contributed by atoms with Crippen molar-refractivity contribution in [3.8, 4) is 0 Å². The van der Waals surface area contributed by atoms with Crippen molar-refractivity contribution in [3.05, 3.63) is 6.20 Å². The Kier molecular flexibility index (Phi) is 3.59. The third-order valence-electron chi connectivity index (χ3n) is 3.43. The summed E-state index contributed by atoms with van der Waals surface area (Å²) in [5.41, 5.74) is 6.57. The third-order valence-corrected chi connectivity index (χ3v) is 3.43. The second kappa shape index (κ2) is 5.55. The molecule has 2 heterocycles. The van der Waals surface area contributed by atoms with Gasteiger partial charge in [-0.15, -0.1) is 0 Å². The Balaban J connectivity index is 1.52. The molecule has 8 heteroatoms. The number of carbonyl (C=O) groups is 1. The highest BCUT2D eigenvalue weighted by atomic mass is 16.1. The lowest BCUT2D eigenvalue weighted by Gasteiger charge is -2.06. The van der Waals surface area contributed by atoms with E-state index in [4.69, 9.17) is 5.73 Å². The molecule has 112 valence electrons. The number of hydrogen-bond donors (Lipinski definition) is 3. The average molecular weight is 289 g/mol. The van der Waals surface area contributed by atoms with E-state index >= 15 is 0 Å². The summed E-state index contributed by atoms with van der Waals surface area (Å²) in [6.07, 6.45) is 5.11. The number of aryl methyl sites for hydroxylation is 1. The molecule has 0 unspecified atom stereocenters. The monoisotopic (exact) mass is 289 g/mol. The Morgan fingerprint density at radius 3 is 3.05 bits per heavy atom. The highest BCUT2D eigenvalue weighted by molar-refractivity contribution is 5.86. The van der Waals surface area contributed by atoms with Crippen LogP contribution in [-0.2, 0) is 11.8 Å². The van der Waals surface area contributed by atoms with Crippen molar-refractivity contribution in [2.24, 2.45) is 7.05 Å². The predicted octanol–water partition coefficient (Wildman–Crippen LogP) is 0.416. The third kappa shape index (κ3) is 3.21. The minimum Gasteiger partial charge on any atom is -0.383 e. The molecular weight excluding hydrogens is 270 g/mol. The minimum atomic E-state index is 0.113. The number of nitrogen functional groups attached to an aromatic ring is 1. The van der Waals surface area contributed by atoms with Crippen LogP contribution in [0.5, 0.6) is 0 Å². The summed E-state index contributed by atoms with van der Waals surface area (Å²) in [7, 11) is 1.81. The largest absolute Gasteiger partial charge is 0.383 e. The van der Waals surface area contributed by atoms with Crippen LogP contribution in [0.25, 0.3) is 11.0 Å². The van der Waals surface area contributed by atoms with E-state index in [0.717, 1.165) is 24.6 Å². The molecule has 1 aliphatic carbocycles. The van der Waals surface area contributed by atoms with E-state index in [1.807, 2.05) is 0 Å². The van der Waals surface area contributed by atoms with E-state index in [0.29, 0.717) is 36.4 Å². The minimum absolute atomic E-state index is 0.113. The molecule has 1 amide bonds. The van der Waals surface area contributed by atoms with Gasteiger partial charge in [0.15, 0.2) is 5.65 Å². The maximum atomic E-state index is 11.5. The van der Waals surface area contributed by atoms with Gasteiger partial charge in [-0.1, -0.05) is 0 Å². The first-order valence-corrected chi connectivity index (χ1v) is 7.12. The molecular formula is C13H19N7O. The Bertz CT molecular complexity index is 662. The van der Waals surface area contributed by atoms with E-state index in [1.54, 1.807) is 17.9 Å². The van der Waals surface area contributed by atoms with Crippen molar-refractivity contribution in [2.75, 3.05) is 17.6 Å². The molecule has 0 atom stereocenters. The fourth-order valence-corrected chi connectivity index (χ4v) is 2.10. The summed E-state index contributed by atoms with van der Waals surface area (Å²) < 4.78 is 1.65. The van der Waals surface area contributed by atoms with Crippen molar-refractivity contribution in [1.82, 2.24) is 25.1 Å². The van der Waals surface area contributed by atoms with E-state index in [1.165, 1.54) is 0 Å². The lowest BCUT2D eigenvalue weighted by molar-refractivity contribution is -0.121. The molecule has 0 aromatic carbocycles. The van der Waals surface area contributed by atoms with Crippen molar-refractivity contribution in [3.63, 3.8) is 0 Å². The van der Waals surface area contributed by atoms with Crippen LogP contribution in [0.4, 0.5) is 11.8 Å². The van der Waals surface area contributed by atoms with Crippen LogP contribution in [0.15, 0.2) is 6.20 Å². The van der Waals surface area contributed by atoms with E-state index in [2.05, 4.69) is 25.7 Å². The van der Waals surface area contributed by atoms with Gasteiger partial charge in [-0.2, -0.15) is 15.1 Å². The Morgan fingerprint density at radius 1 is 1.48 bits per heavy atom. The molecule has 0 spiro atoms. The number of nitrogens with two attached hydrogens (primary N) is 1. The summed E-state index contributed by atoms with van der Waals surface area (Å²) in [4.78, 5) is 20.1. The highest BCUT2D eigenvalue weighted by Crippen LogP contribution is 2.19. The quantitative estimate of drug-likeness (QED) is 0.664. The number of anilines is 2. The van der Waals surface area contributed by atoms with Crippen molar-refractivity contribution in [2.45, 2.75) is 31.7 Å². The van der Waals surface area contributed by atoms with Gasteiger partial charge >= 0.3 is 0 Å². The maximum Gasteiger partial charge on any atom is 0.226 e. The molecule has 8 nitrogen and oxygen atoms in total. The molecule has 3 rings (SSSR count). The summed E-state index contributed by atoms with van der Waals surface area (Å²) >= 11 is 0. The van der Waals surface area contributed by atoms with Crippen LogP contribution < -0.4 is 16.4 Å². The maximum absolute atomic E-state index is 11.5. The fourth-order valence-electron chi connectivity index (χ4n) is 2.10. The van der Waals surface area contributed by atoms with Crippen LogP contribution in [0.1, 0.15) is 25.7 Å². The molecule has 1 aliphatic rings. The molecule has 0 bridgehead atoms. The smallest absolute Gasteiger partial charge is 0.226 e. The van der Waals surface area contributed by atoms with Gasteiger partial charge < -0.3 is 16.4 Å². The van der Waals surface area contributed by atoms with Crippen LogP contribution in [0, 0.1) is 0 Å². The average Bonchev–Trinajstić information content (AvgIpc) is 3.18. The number of aromatic nitrogens is 4. The predicted molar refractivity (Wildman–Crippen MR) is 79.6 cm³/mol. The van der Waals surface area contributed by atoms with Crippen LogP contribution in [0.3, 0.4) is 0 Å². The topological polar surface area (TPSA) is 111 Å². The number of nitrogens with zero attached hydrogens (tertiary/aromatic N) is 4. The van der Waals surface area contributed by atoms with Crippen molar-refractivity contribution >= 4 is 28.7 Å². The first-order chi connectivity index (χ1) is 10.1. The second-order valence-corrected chi connectivity index (χ2v) is 5.31. The van der Waals surface area contributed by atoms with Crippen LogP contribution in [-0.4, -0.2) is 38.2 Å². The fraction of sp³-hybridized carbons (Fsp3) is 0.538. The SMILES string of the molecule is Cn1ncc2c(N)nc(NCCCC(=O)NC3CC3)nc21. The highest BCUT2D eigenvalue weighted by Gasteiger charge is 2.22. The molecule has 1 saturated carbocycles. The summed E-state index contributed by atoms with van der Waals surface area (Å²) in [5, 5.41) is 10.9. The molecule has 2 aromatic heterocycles. The van der Waals surface area contributed by atoms with Crippen molar-refractivity contribution < 1.29 is 4.79 Å². The number of carbonyl (C=O) groups excluding carboxylic acids is 1. The first kappa shape index (κ1) is 13.6. The standard InChI is InChI=1S/C13H19N7O/c1-20-12-9(7-16-20)11(14)18-13(19-12)15-6-2-3-10(21)17-8-4-5-8/h7-8H,2-6H2,1H3,(H,17,21)(H3,14,15,18,19). The Labute approximate surface area is 122 Å². The Morgan fingerprint density at radius 2 is 2.29 bits per heavy atom. The molecule has 0 radical (unpaired) electrons. The summed E-state index contributed by atoms with van der Waals surface area (Å²) in [6, 6.07) is 0.417. The van der Waals surface area contributed by atoms with E-state index in [9.17, 15) is 4.79 Å². The van der Waals surface area contributed by atoms with Gasteiger partial charge in [-0.3, -0.25) is 9.48 Å². The number of fused-ring (bicyclic) bond motifs is 1. The summed E-state index contributed by atoms with van der Waals surface area (Å²) in [5.74, 6) is 0.982. The van der Waals surface area contributed by atoms with Crippen molar-refractivity contribution in [1.29, 1.82) is 0 Å². The lowest BCUT2D eigenvalue weighted by Crippen LogP contribution is -2.25. The molecule has 2 aromatic rings. The van der Waals surface area contributed by atoms with Gasteiger partial charge in [0.05, 0.1) is 11.6 Å². The van der Waals surface area contributed by atoms with Crippen LogP contribution in [0.2, 0.25) is 0 Å². The zero-order chi connectivity index (χ0) is 14.8. The lowest BCUT2D eigenvalue weighted by atomic mass is 10.3. The molecule has 21 heavy (non-hydrogen) atoms. The zero-order valence-corrected chi connectivity index (χ0v) is 12.0. The number of amides is 1. The molecule has 4 N–H and O–H groups in total. The van der Waals surface area contributed by atoms with E-state index < -0.39 is 0 Å². The van der Waals surface area contributed by atoms with Gasteiger partial charge in [-0.05, 0) is 19.3 Å². The van der Waals surface area contributed by atoms with Gasteiger partial charge in [0.1, 0.15) is 5.82 Å². The number of rotatable bonds is 6. The molecule has 0 saturated heterocycles. The number of nitrogens with one attached hydrogen (secondary N) is 2. The summed E-state index contributed by atoms with van der Waals surface area (Å²) in [6.45, 7) is 0.626. The molecule has 1 fully saturated rings. The second-order valence-electron chi connectivity index (χ2n) is 5.31. The Hall–Kier alpha value is -2.38. The van der Waals surface area contributed by atoms with E-state index in [-0.39, 0.29) is 5.91 Å². The zero-order valence-electron chi connectivity index (χ0n) is 12.0. The molecule has 0 aliphatic heterocycles. The van der Waals surface area contributed by atoms with Gasteiger partial charge in [0, 0.05) is 26.1 Å². The number of hydrogen-bond acceptors (Lipinski definition) is 6. The normalized spacial score (nSPS) is 14.3. The van der Waals surface area contributed by atoms with Gasteiger partial charge in [-0.25, -0.2) is 0 Å². The first-order valence-electron chi connectivity index (χ1n) is 7.12. The van der Waals surface area contributed by atoms with Crippen LogP contribution >= 0.6 is 0 Å².